The molecule has 1 aromatic carbocycles. The van der Waals surface area contributed by atoms with Gasteiger partial charge in [0.25, 0.3) is 0 Å². The first kappa shape index (κ1) is 8.08. The van der Waals surface area contributed by atoms with Crippen molar-refractivity contribution >= 4 is 17.9 Å². The van der Waals surface area contributed by atoms with E-state index in [1.165, 1.54) is 0 Å². The van der Waals surface area contributed by atoms with Gasteiger partial charge in [-0.2, -0.15) is 0 Å². The molecule has 1 radical (unpaired) electrons. The molecule has 3 heteroatoms. The number of ether oxygens (including phenoxy) is 1. The van der Waals surface area contributed by atoms with Gasteiger partial charge < -0.3 is 4.74 Å². The Kier molecular flexibility index (Phi) is 2.93. The van der Waals surface area contributed by atoms with Gasteiger partial charge in [-0.3, -0.25) is 4.79 Å². The Bertz CT molecular complexity index is 230. The number of benzene rings is 1. The molecule has 0 aliphatic carbocycles. The van der Waals surface area contributed by atoms with Gasteiger partial charge in [0.05, 0.1) is 0 Å². The van der Waals surface area contributed by atoms with E-state index < -0.39 is 0 Å². The van der Waals surface area contributed by atoms with E-state index in [9.17, 15) is 4.79 Å². The van der Waals surface area contributed by atoms with Crippen LogP contribution in [0.1, 0.15) is 0 Å². The van der Waals surface area contributed by atoms with Crippen molar-refractivity contribution in [2.24, 2.45) is 0 Å². The summed E-state index contributed by atoms with van der Waals surface area (Å²) in [4.78, 5) is 9.77. The first-order chi connectivity index (χ1) is 5.33. The fraction of sp³-hybridized carbons (Fsp3) is 0.125. The summed E-state index contributed by atoms with van der Waals surface area (Å²) in [7, 11) is 0. The van der Waals surface area contributed by atoms with Gasteiger partial charge in [0.15, 0.2) is 6.61 Å². The molecule has 2 nitrogen and oxygen atoms in total. The summed E-state index contributed by atoms with van der Waals surface area (Å²) >= 11 is 5.61. The van der Waals surface area contributed by atoms with E-state index in [2.05, 4.69) is 0 Å². The van der Waals surface area contributed by atoms with Crippen LogP contribution in [-0.2, 0) is 4.79 Å². The molecule has 57 valence electrons. The summed E-state index contributed by atoms with van der Waals surface area (Å²) in [5.74, 6) is 0.623. The van der Waals surface area contributed by atoms with Crippen LogP contribution in [0.2, 0.25) is 5.02 Å². The molecular weight excluding hydrogens is 164 g/mol. The summed E-state index contributed by atoms with van der Waals surface area (Å²) in [6.45, 7) is -0.0400. The molecule has 0 saturated carbocycles. The molecule has 0 bridgehead atoms. The molecule has 0 aliphatic heterocycles. The Morgan fingerprint density at radius 2 is 2.00 bits per heavy atom. The van der Waals surface area contributed by atoms with Crippen LogP contribution in [-0.4, -0.2) is 12.9 Å². The zero-order chi connectivity index (χ0) is 8.10. The van der Waals surface area contributed by atoms with Gasteiger partial charge in [-0.1, -0.05) is 11.6 Å². The highest BCUT2D eigenvalue weighted by atomic mass is 35.5. The molecule has 0 aromatic heterocycles. The number of hydrogen-bond donors (Lipinski definition) is 0. The molecule has 0 spiro atoms. The van der Waals surface area contributed by atoms with Crippen LogP contribution in [0.25, 0.3) is 0 Å². The van der Waals surface area contributed by atoms with E-state index >= 15 is 0 Å². The van der Waals surface area contributed by atoms with Gasteiger partial charge >= 0.3 is 0 Å². The fourth-order valence-electron chi connectivity index (χ4n) is 0.644. The highest BCUT2D eigenvalue weighted by Gasteiger charge is 1.91. The van der Waals surface area contributed by atoms with E-state index in [0.29, 0.717) is 10.8 Å². The molecule has 0 N–H and O–H groups in total. The van der Waals surface area contributed by atoms with Crippen LogP contribution >= 0.6 is 11.6 Å². The van der Waals surface area contributed by atoms with Crippen LogP contribution in [0.3, 0.4) is 0 Å². The topological polar surface area (TPSA) is 26.3 Å². The third-order valence-electron chi connectivity index (χ3n) is 1.11. The zero-order valence-electron chi connectivity index (χ0n) is 5.71. The third-order valence-corrected chi connectivity index (χ3v) is 1.36. The summed E-state index contributed by atoms with van der Waals surface area (Å²) in [5, 5.41) is 0.646. The van der Waals surface area contributed by atoms with Crippen molar-refractivity contribution in [3.63, 3.8) is 0 Å². The lowest BCUT2D eigenvalue weighted by molar-refractivity contribution is 0.365. The minimum Gasteiger partial charge on any atom is -0.485 e. The maximum atomic E-state index is 9.77. The number of halogens is 1. The fourth-order valence-corrected chi connectivity index (χ4v) is 0.770. The van der Waals surface area contributed by atoms with Crippen molar-refractivity contribution in [1.29, 1.82) is 0 Å². The smallest absolute Gasteiger partial charge is 0.239 e. The third kappa shape index (κ3) is 2.60. The minimum atomic E-state index is -0.0400. The van der Waals surface area contributed by atoms with Crippen molar-refractivity contribution in [3.8, 4) is 5.75 Å². The van der Waals surface area contributed by atoms with Gasteiger partial charge in [-0.05, 0) is 24.3 Å². The van der Waals surface area contributed by atoms with Crippen molar-refractivity contribution in [3.05, 3.63) is 29.3 Å². The molecular formula is C8H6ClO2. The normalized spacial score (nSPS) is 9.18. The zero-order valence-corrected chi connectivity index (χ0v) is 6.47. The Hall–Kier alpha value is -1.02. The minimum absolute atomic E-state index is 0.0400. The SMILES string of the molecule is O=[C]COc1ccc(Cl)cc1. The Labute approximate surface area is 69.7 Å². The molecule has 11 heavy (non-hydrogen) atoms. The van der Waals surface area contributed by atoms with E-state index in [4.69, 9.17) is 16.3 Å². The summed E-state index contributed by atoms with van der Waals surface area (Å²) < 4.78 is 4.93. The number of rotatable bonds is 3. The van der Waals surface area contributed by atoms with Crippen LogP contribution in [0, 0.1) is 0 Å². The lowest BCUT2D eigenvalue weighted by Gasteiger charge is -1.99. The molecule has 0 saturated heterocycles. The van der Waals surface area contributed by atoms with Crippen molar-refractivity contribution < 1.29 is 9.53 Å². The average Bonchev–Trinajstić information content (AvgIpc) is 2.04. The highest BCUT2D eigenvalue weighted by Crippen LogP contribution is 2.14. The van der Waals surface area contributed by atoms with Crippen molar-refractivity contribution in [2.45, 2.75) is 0 Å². The lowest BCUT2D eigenvalue weighted by Crippen LogP contribution is -1.96. The maximum absolute atomic E-state index is 9.77. The largest absolute Gasteiger partial charge is 0.485 e. The number of carbonyl (C=O) groups excluding carboxylic acids is 1. The average molecular weight is 170 g/mol. The van der Waals surface area contributed by atoms with Gasteiger partial charge in [-0.15, -0.1) is 0 Å². The van der Waals surface area contributed by atoms with Gasteiger partial charge in [0, 0.05) is 5.02 Å². The molecule has 0 atom stereocenters. The first-order valence-corrected chi connectivity index (χ1v) is 3.44. The molecule has 0 amide bonds. The van der Waals surface area contributed by atoms with Crippen LogP contribution in [0.5, 0.6) is 5.75 Å². The summed E-state index contributed by atoms with van der Waals surface area (Å²) in [6.07, 6.45) is 1.63. The molecule has 0 aliphatic rings. The predicted molar refractivity (Wildman–Crippen MR) is 42.6 cm³/mol. The van der Waals surface area contributed by atoms with Gasteiger partial charge in [0.2, 0.25) is 6.29 Å². The quantitative estimate of drug-likeness (QED) is 0.690. The van der Waals surface area contributed by atoms with Gasteiger partial charge in [-0.25, -0.2) is 0 Å². The standard InChI is InChI=1S/C8H6ClO2/c9-7-1-3-8(4-2-7)11-6-5-10/h1-4H,6H2. The first-order valence-electron chi connectivity index (χ1n) is 3.06. The second-order valence-corrected chi connectivity index (χ2v) is 2.32. The Balaban J connectivity index is 2.58. The van der Waals surface area contributed by atoms with E-state index in [-0.39, 0.29) is 6.61 Å². The van der Waals surface area contributed by atoms with E-state index in [1.54, 1.807) is 30.6 Å². The second kappa shape index (κ2) is 3.98. The van der Waals surface area contributed by atoms with Crippen molar-refractivity contribution in [1.82, 2.24) is 0 Å². The Morgan fingerprint density at radius 1 is 1.36 bits per heavy atom. The lowest BCUT2D eigenvalue weighted by atomic mass is 10.3. The molecule has 0 heterocycles. The molecule has 1 rings (SSSR count). The molecule has 1 aromatic rings. The highest BCUT2D eigenvalue weighted by molar-refractivity contribution is 6.30. The van der Waals surface area contributed by atoms with E-state index in [0.717, 1.165) is 0 Å². The van der Waals surface area contributed by atoms with Crippen LogP contribution in [0.4, 0.5) is 0 Å². The second-order valence-electron chi connectivity index (χ2n) is 1.89. The molecule has 0 unspecified atom stereocenters. The van der Waals surface area contributed by atoms with Gasteiger partial charge in [0.1, 0.15) is 5.75 Å². The monoisotopic (exact) mass is 169 g/mol. The van der Waals surface area contributed by atoms with E-state index in [1.807, 2.05) is 0 Å². The molecule has 0 fully saturated rings. The number of hydrogen-bond acceptors (Lipinski definition) is 2. The Morgan fingerprint density at radius 3 is 2.55 bits per heavy atom. The summed E-state index contributed by atoms with van der Waals surface area (Å²) in [5.41, 5.74) is 0. The van der Waals surface area contributed by atoms with Crippen molar-refractivity contribution in [2.75, 3.05) is 6.61 Å². The summed E-state index contributed by atoms with van der Waals surface area (Å²) in [6, 6.07) is 6.78. The predicted octanol–water partition coefficient (Wildman–Crippen LogP) is 1.83. The van der Waals surface area contributed by atoms with Crippen LogP contribution < -0.4 is 4.74 Å². The van der Waals surface area contributed by atoms with Crippen LogP contribution in [0.15, 0.2) is 24.3 Å². The maximum Gasteiger partial charge on any atom is 0.239 e.